The van der Waals surface area contributed by atoms with Crippen molar-refractivity contribution in [1.82, 2.24) is 10.2 Å². The topological polar surface area (TPSA) is 86.8 Å². The third-order valence-electron chi connectivity index (χ3n) is 6.66. The van der Waals surface area contributed by atoms with Crippen LogP contribution in [0.3, 0.4) is 0 Å². The highest BCUT2D eigenvalue weighted by Crippen LogP contribution is 2.23. The van der Waals surface area contributed by atoms with Crippen LogP contribution in [0.2, 0.25) is 0 Å². The Morgan fingerprint density at radius 3 is 2.35 bits per heavy atom. The lowest BCUT2D eigenvalue weighted by atomic mass is 9.95. The Morgan fingerprint density at radius 1 is 1.08 bits per heavy atom. The smallest absolute Gasteiger partial charge is 0.242 e. The lowest BCUT2D eigenvalue weighted by molar-refractivity contribution is -0.141. The van der Waals surface area contributed by atoms with Gasteiger partial charge in [-0.15, -0.1) is 0 Å². The third kappa shape index (κ3) is 8.53. The van der Waals surface area contributed by atoms with Crippen LogP contribution in [-0.2, 0) is 26.2 Å². The minimum absolute atomic E-state index is 0.0120. The summed E-state index contributed by atoms with van der Waals surface area (Å²) in [7, 11) is -3.76. The SMILES string of the molecule is C[C@H](C(=O)NC1CCCCC1)N(Cc1ccc(Br)cc1)C(=O)CCCN(c1ccccc1F)S(C)(=O)=O. The zero-order valence-electron chi connectivity index (χ0n) is 21.3. The molecular formula is C27H35BrFN3O4S. The number of nitrogens with one attached hydrogen (secondary N) is 1. The van der Waals surface area contributed by atoms with Gasteiger partial charge in [-0.2, -0.15) is 0 Å². The molecule has 0 spiro atoms. The van der Waals surface area contributed by atoms with Crippen LogP contribution in [0.5, 0.6) is 0 Å². The van der Waals surface area contributed by atoms with Crippen molar-refractivity contribution in [3.8, 4) is 0 Å². The van der Waals surface area contributed by atoms with Crippen molar-refractivity contribution in [2.24, 2.45) is 0 Å². The number of benzene rings is 2. The van der Waals surface area contributed by atoms with Crippen LogP contribution in [-0.4, -0.2) is 50.0 Å². The van der Waals surface area contributed by atoms with Crippen LogP contribution in [0.1, 0.15) is 57.4 Å². The molecule has 1 saturated carbocycles. The highest BCUT2D eigenvalue weighted by atomic mass is 79.9. The lowest BCUT2D eigenvalue weighted by Gasteiger charge is -2.31. The van der Waals surface area contributed by atoms with Gasteiger partial charge in [0.05, 0.1) is 11.9 Å². The Bertz CT molecular complexity index is 1170. The second-order valence-electron chi connectivity index (χ2n) is 9.56. The van der Waals surface area contributed by atoms with Crippen LogP contribution in [0.25, 0.3) is 0 Å². The van der Waals surface area contributed by atoms with Crippen molar-refractivity contribution >= 4 is 43.5 Å². The lowest BCUT2D eigenvalue weighted by Crippen LogP contribution is -2.50. The van der Waals surface area contributed by atoms with Crippen LogP contribution >= 0.6 is 15.9 Å². The van der Waals surface area contributed by atoms with Gasteiger partial charge in [0.1, 0.15) is 11.9 Å². The van der Waals surface area contributed by atoms with Gasteiger partial charge in [-0.1, -0.05) is 59.5 Å². The van der Waals surface area contributed by atoms with Gasteiger partial charge in [0.2, 0.25) is 21.8 Å². The zero-order chi connectivity index (χ0) is 27.0. The molecule has 202 valence electrons. The normalized spacial score (nSPS) is 15.1. The average Bonchev–Trinajstić information content (AvgIpc) is 2.86. The van der Waals surface area contributed by atoms with Crippen molar-refractivity contribution in [1.29, 1.82) is 0 Å². The molecule has 1 aliphatic rings. The number of amides is 2. The van der Waals surface area contributed by atoms with E-state index in [0.717, 1.165) is 46.3 Å². The molecule has 10 heteroatoms. The number of anilines is 1. The van der Waals surface area contributed by atoms with E-state index >= 15 is 0 Å². The van der Waals surface area contributed by atoms with E-state index in [1.54, 1.807) is 13.0 Å². The monoisotopic (exact) mass is 595 g/mol. The molecule has 2 aromatic carbocycles. The molecule has 3 rings (SSSR count). The van der Waals surface area contributed by atoms with E-state index in [-0.39, 0.29) is 49.5 Å². The third-order valence-corrected chi connectivity index (χ3v) is 8.37. The molecule has 1 atom stereocenters. The maximum atomic E-state index is 14.3. The largest absolute Gasteiger partial charge is 0.352 e. The molecule has 2 aromatic rings. The predicted octanol–water partition coefficient (Wildman–Crippen LogP) is 5.00. The Morgan fingerprint density at radius 2 is 1.73 bits per heavy atom. The molecule has 0 radical (unpaired) electrons. The number of hydrogen-bond acceptors (Lipinski definition) is 4. The second-order valence-corrected chi connectivity index (χ2v) is 12.4. The van der Waals surface area contributed by atoms with E-state index in [9.17, 15) is 22.4 Å². The van der Waals surface area contributed by atoms with Crippen LogP contribution in [0.15, 0.2) is 53.0 Å². The average molecular weight is 597 g/mol. The summed E-state index contributed by atoms with van der Waals surface area (Å²) in [6.07, 6.45) is 6.42. The summed E-state index contributed by atoms with van der Waals surface area (Å²) >= 11 is 3.41. The molecule has 0 aromatic heterocycles. The van der Waals surface area contributed by atoms with E-state index in [2.05, 4.69) is 21.2 Å². The van der Waals surface area contributed by atoms with Crippen LogP contribution in [0, 0.1) is 5.82 Å². The minimum Gasteiger partial charge on any atom is -0.352 e. The molecule has 2 amide bonds. The number of para-hydroxylation sites is 1. The number of carbonyl (C=O) groups is 2. The molecule has 0 aliphatic heterocycles. The summed E-state index contributed by atoms with van der Waals surface area (Å²) in [4.78, 5) is 28.0. The van der Waals surface area contributed by atoms with Crippen molar-refractivity contribution in [3.63, 3.8) is 0 Å². The number of rotatable bonds is 11. The molecule has 0 heterocycles. The van der Waals surface area contributed by atoms with Crippen LogP contribution in [0.4, 0.5) is 10.1 Å². The fraction of sp³-hybridized carbons (Fsp3) is 0.481. The number of halogens is 2. The molecular weight excluding hydrogens is 561 g/mol. The molecule has 1 N–H and O–H groups in total. The van der Waals surface area contributed by atoms with Gasteiger partial charge in [-0.3, -0.25) is 13.9 Å². The van der Waals surface area contributed by atoms with Gasteiger partial charge in [-0.05, 0) is 56.0 Å². The summed E-state index contributed by atoms with van der Waals surface area (Å²) in [5, 5.41) is 3.10. The summed E-state index contributed by atoms with van der Waals surface area (Å²) in [6.45, 7) is 1.91. The fourth-order valence-corrected chi connectivity index (χ4v) is 5.80. The van der Waals surface area contributed by atoms with Crippen molar-refractivity contribution in [2.45, 2.75) is 70.5 Å². The maximum Gasteiger partial charge on any atom is 0.242 e. The van der Waals surface area contributed by atoms with Crippen molar-refractivity contribution < 1.29 is 22.4 Å². The van der Waals surface area contributed by atoms with E-state index in [1.165, 1.54) is 29.5 Å². The predicted molar refractivity (Wildman–Crippen MR) is 147 cm³/mol. The Kier molecular flexibility index (Phi) is 10.5. The van der Waals surface area contributed by atoms with Crippen LogP contribution < -0.4 is 9.62 Å². The summed E-state index contributed by atoms with van der Waals surface area (Å²) in [5.41, 5.74) is 0.822. The van der Waals surface area contributed by atoms with Gasteiger partial charge >= 0.3 is 0 Å². The van der Waals surface area contributed by atoms with Gasteiger partial charge in [0, 0.05) is 30.0 Å². The number of hydrogen-bond donors (Lipinski definition) is 1. The van der Waals surface area contributed by atoms with E-state index in [4.69, 9.17) is 0 Å². The van der Waals surface area contributed by atoms with Crippen molar-refractivity contribution in [2.75, 3.05) is 17.1 Å². The van der Waals surface area contributed by atoms with E-state index < -0.39 is 21.9 Å². The van der Waals surface area contributed by atoms with Crippen molar-refractivity contribution in [3.05, 3.63) is 64.4 Å². The summed E-state index contributed by atoms with van der Waals surface area (Å²) in [6, 6.07) is 12.6. The summed E-state index contributed by atoms with van der Waals surface area (Å²) < 4.78 is 40.9. The summed E-state index contributed by atoms with van der Waals surface area (Å²) in [5.74, 6) is -1.11. The Labute approximate surface area is 227 Å². The second kappa shape index (κ2) is 13.4. The molecule has 7 nitrogen and oxygen atoms in total. The quantitative estimate of drug-likeness (QED) is 0.396. The molecule has 0 unspecified atom stereocenters. The molecule has 37 heavy (non-hydrogen) atoms. The van der Waals surface area contributed by atoms with Gasteiger partial charge in [0.15, 0.2) is 0 Å². The van der Waals surface area contributed by atoms with E-state index in [1.807, 2.05) is 24.3 Å². The molecule has 0 saturated heterocycles. The standard InChI is InChI=1S/C27H35BrFN3O4S/c1-20(27(34)30-23-9-4-3-5-10-23)31(19-21-14-16-22(28)17-15-21)26(33)13-8-18-32(37(2,35)36)25-12-7-6-11-24(25)29/h6-7,11-12,14-17,20,23H,3-5,8-10,13,18-19H2,1-2H3,(H,30,34)/t20-/m1/s1. The number of sulfonamides is 1. The first kappa shape index (κ1) is 29.1. The van der Waals surface area contributed by atoms with Gasteiger partial charge < -0.3 is 10.2 Å². The first-order chi connectivity index (χ1) is 17.6. The first-order valence-electron chi connectivity index (χ1n) is 12.6. The molecule has 1 aliphatic carbocycles. The molecule has 1 fully saturated rings. The number of carbonyl (C=O) groups excluding carboxylic acids is 2. The van der Waals surface area contributed by atoms with Gasteiger partial charge in [-0.25, -0.2) is 12.8 Å². The van der Waals surface area contributed by atoms with Gasteiger partial charge in [0.25, 0.3) is 0 Å². The highest BCUT2D eigenvalue weighted by Gasteiger charge is 2.28. The number of nitrogens with zero attached hydrogens (tertiary/aromatic N) is 2. The molecule has 0 bridgehead atoms. The first-order valence-corrected chi connectivity index (χ1v) is 15.3. The zero-order valence-corrected chi connectivity index (χ0v) is 23.7. The minimum atomic E-state index is -3.76. The van der Waals surface area contributed by atoms with E-state index in [0.29, 0.717) is 0 Å². The fourth-order valence-electron chi connectivity index (χ4n) is 4.57. The Hall–Kier alpha value is -2.46. The Balaban J connectivity index is 1.71. The highest BCUT2D eigenvalue weighted by molar-refractivity contribution is 9.10. The maximum absolute atomic E-state index is 14.3.